The monoisotopic (exact) mass is 413 g/mol. The van der Waals surface area contributed by atoms with Crippen molar-refractivity contribution in [3.8, 4) is 27.8 Å². The zero-order chi connectivity index (χ0) is 20.8. The van der Waals surface area contributed by atoms with Gasteiger partial charge in [0.2, 0.25) is 0 Å². The van der Waals surface area contributed by atoms with Crippen LogP contribution in [0.15, 0.2) is 41.8 Å². The molecule has 0 amide bonds. The van der Waals surface area contributed by atoms with Crippen molar-refractivity contribution in [1.29, 1.82) is 0 Å². The van der Waals surface area contributed by atoms with Gasteiger partial charge in [-0.25, -0.2) is 9.78 Å². The van der Waals surface area contributed by atoms with Gasteiger partial charge < -0.3 is 18.9 Å². The number of ether oxygens (including phenoxy) is 4. The Labute approximate surface area is 174 Å². The number of carbonyl (C=O) groups is 1. The van der Waals surface area contributed by atoms with Gasteiger partial charge in [-0.15, -0.1) is 11.3 Å². The lowest BCUT2D eigenvalue weighted by molar-refractivity contribution is -0.147. The third-order valence-electron chi connectivity index (χ3n) is 4.31. The summed E-state index contributed by atoms with van der Waals surface area (Å²) in [7, 11) is 3.19. The maximum absolute atomic E-state index is 12.0. The molecule has 1 aromatic heterocycles. The first-order valence-electron chi connectivity index (χ1n) is 9.03. The first kappa shape index (κ1) is 20.7. The van der Waals surface area contributed by atoms with Crippen LogP contribution in [0.1, 0.15) is 16.8 Å². The van der Waals surface area contributed by atoms with E-state index in [0.29, 0.717) is 22.9 Å². The summed E-state index contributed by atoms with van der Waals surface area (Å²) in [4.78, 5) is 16.6. The minimum absolute atomic E-state index is 0.0960. The predicted molar refractivity (Wildman–Crippen MR) is 112 cm³/mol. The highest BCUT2D eigenvalue weighted by molar-refractivity contribution is 7.13. The first-order chi connectivity index (χ1) is 14.0. The highest BCUT2D eigenvalue weighted by Gasteiger charge is 2.12. The third kappa shape index (κ3) is 5.06. The molecule has 0 aliphatic rings. The molecule has 0 spiro atoms. The van der Waals surface area contributed by atoms with Crippen LogP contribution in [0, 0.1) is 13.8 Å². The largest absolute Gasteiger partial charge is 0.493 e. The molecule has 0 saturated carbocycles. The molecule has 0 saturated heterocycles. The van der Waals surface area contributed by atoms with Gasteiger partial charge in [0, 0.05) is 10.9 Å². The molecule has 0 fully saturated rings. The minimum Gasteiger partial charge on any atom is -0.493 e. The smallest absolute Gasteiger partial charge is 0.344 e. The Morgan fingerprint density at radius 1 is 1.03 bits per heavy atom. The Morgan fingerprint density at radius 2 is 1.76 bits per heavy atom. The molecule has 2 aromatic carbocycles. The number of hydrogen-bond donors (Lipinski definition) is 0. The Hall–Kier alpha value is -3.06. The lowest BCUT2D eigenvalue weighted by Gasteiger charge is -2.11. The molecule has 0 radical (unpaired) electrons. The van der Waals surface area contributed by atoms with Crippen LogP contribution in [0.4, 0.5) is 0 Å². The van der Waals surface area contributed by atoms with Crippen LogP contribution in [-0.2, 0) is 16.1 Å². The van der Waals surface area contributed by atoms with Crippen LogP contribution < -0.4 is 14.2 Å². The van der Waals surface area contributed by atoms with E-state index in [4.69, 9.17) is 18.9 Å². The van der Waals surface area contributed by atoms with Gasteiger partial charge in [-0.3, -0.25) is 0 Å². The number of aromatic nitrogens is 1. The number of carbonyl (C=O) groups excluding carboxylic acids is 1. The van der Waals surface area contributed by atoms with Crippen molar-refractivity contribution >= 4 is 17.3 Å². The van der Waals surface area contributed by atoms with Crippen LogP contribution in [0.5, 0.6) is 17.2 Å². The molecule has 29 heavy (non-hydrogen) atoms. The number of hydrogen-bond acceptors (Lipinski definition) is 7. The standard InChI is InChI=1S/C22H23NO5S/c1-14-6-5-7-15(2)21(14)28-12-20(24)27-11-17-13-29-22(23-17)16-8-9-18(25-3)19(10-16)26-4/h5-10,13H,11-12H2,1-4H3. The van der Waals surface area contributed by atoms with Crippen LogP contribution in [0.25, 0.3) is 10.6 Å². The van der Waals surface area contributed by atoms with Gasteiger partial charge in [-0.1, -0.05) is 18.2 Å². The van der Waals surface area contributed by atoms with Crippen LogP contribution in [0.3, 0.4) is 0 Å². The van der Waals surface area contributed by atoms with Gasteiger partial charge in [0.1, 0.15) is 17.4 Å². The summed E-state index contributed by atoms with van der Waals surface area (Å²) in [6.45, 7) is 3.84. The normalized spacial score (nSPS) is 10.5. The Morgan fingerprint density at radius 3 is 2.45 bits per heavy atom. The lowest BCUT2D eigenvalue weighted by atomic mass is 10.1. The van der Waals surface area contributed by atoms with E-state index in [-0.39, 0.29) is 13.2 Å². The summed E-state index contributed by atoms with van der Waals surface area (Å²) in [5.74, 6) is 1.57. The second-order valence-electron chi connectivity index (χ2n) is 6.38. The molecule has 0 bridgehead atoms. The quantitative estimate of drug-likeness (QED) is 0.504. The number of para-hydroxylation sites is 1. The lowest BCUT2D eigenvalue weighted by Crippen LogP contribution is -2.15. The fraction of sp³-hybridized carbons (Fsp3) is 0.273. The summed E-state index contributed by atoms with van der Waals surface area (Å²) < 4.78 is 21.5. The van der Waals surface area contributed by atoms with Crippen LogP contribution in [0.2, 0.25) is 0 Å². The summed E-state index contributed by atoms with van der Waals surface area (Å²) in [6, 6.07) is 11.5. The Bertz CT molecular complexity index is 978. The second-order valence-corrected chi connectivity index (χ2v) is 7.24. The van der Waals surface area contributed by atoms with Crippen molar-refractivity contribution in [1.82, 2.24) is 4.98 Å². The van der Waals surface area contributed by atoms with Crippen LogP contribution in [-0.4, -0.2) is 31.8 Å². The first-order valence-corrected chi connectivity index (χ1v) is 9.91. The van der Waals surface area contributed by atoms with E-state index >= 15 is 0 Å². The number of thiazole rings is 1. The maximum atomic E-state index is 12.0. The zero-order valence-electron chi connectivity index (χ0n) is 16.9. The summed E-state index contributed by atoms with van der Waals surface area (Å²) in [5.41, 5.74) is 3.55. The Kier molecular flexibility index (Phi) is 6.72. The number of benzene rings is 2. The average molecular weight is 413 g/mol. The van der Waals surface area contributed by atoms with Gasteiger partial charge >= 0.3 is 5.97 Å². The van der Waals surface area contributed by atoms with Gasteiger partial charge in [0.05, 0.1) is 19.9 Å². The average Bonchev–Trinajstić information content (AvgIpc) is 3.20. The molecule has 0 aliphatic heterocycles. The summed E-state index contributed by atoms with van der Waals surface area (Å²) >= 11 is 1.47. The van der Waals surface area contributed by atoms with Crippen molar-refractivity contribution in [2.24, 2.45) is 0 Å². The van der Waals surface area contributed by atoms with E-state index in [1.54, 1.807) is 14.2 Å². The van der Waals surface area contributed by atoms with Crippen molar-refractivity contribution in [2.45, 2.75) is 20.5 Å². The molecule has 0 aliphatic carbocycles. The third-order valence-corrected chi connectivity index (χ3v) is 5.25. The predicted octanol–water partition coefficient (Wildman–Crippen LogP) is 4.57. The number of methoxy groups -OCH3 is 2. The SMILES string of the molecule is COc1ccc(-c2nc(COC(=O)COc3c(C)cccc3C)cs2)cc1OC. The topological polar surface area (TPSA) is 66.9 Å². The molecule has 7 heteroatoms. The molecule has 6 nitrogen and oxygen atoms in total. The molecule has 3 aromatic rings. The minimum atomic E-state index is -0.437. The van der Waals surface area contributed by atoms with Gasteiger partial charge in [-0.05, 0) is 43.2 Å². The summed E-state index contributed by atoms with van der Waals surface area (Å²) in [6.07, 6.45) is 0. The number of aryl methyl sites for hydroxylation is 2. The molecule has 1 heterocycles. The maximum Gasteiger partial charge on any atom is 0.344 e. The van der Waals surface area contributed by atoms with Crippen molar-refractivity contribution in [3.05, 3.63) is 58.6 Å². The highest BCUT2D eigenvalue weighted by Crippen LogP contribution is 2.33. The number of esters is 1. The number of rotatable bonds is 8. The molecular formula is C22H23NO5S. The second kappa shape index (κ2) is 9.43. The molecule has 152 valence electrons. The van der Waals surface area contributed by atoms with E-state index in [2.05, 4.69) is 4.98 Å². The molecular weight excluding hydrogens is 390 g/mol. The van der Waals surface area contributed by atoms with Gasteiger partial charge in [0.15, 0.2) is 18.1 Å². The van der Waals surface area contributed by atoms with E-state index < -0.39 is 5.97 Å². The fourth-order valence-corrected chi connectivity index (χ4v) is 3.63. The molecule has 0 unspecified atom stereocenters. The molecule has 3 rings (SSSR count). The van der Waals surface area contributed by atoms with E-state index in [9.17, 15) is 4.79 Å². The molecule has 0 atom stereocenters. The van der Waals surface area contributed by atoms with Crippen LogP contribution >= 0.6 is 11.3 Å². The van der Waals surface area contributed by atoms with E-state index in [0.717, 1.165) is 21.7 Å². The summed E-state index contributed by atoms with van der Waals surface area (Å²) in [5, 5.41) is 2.68. The molecule has 0 N–H and O–H groups in total. The van der Waals surface area contributed by atoms with Gasteiger partial charge in [0.25, 0.3) is 0 Å². The fourth-order valence-electron chi connectivity index (χ4n) is 2.83. The number of nitrogens with zero attached hydrogens (tertiary/aromatic N) is 1. The highest BCUT2D eigenvalue weighted by atomic mass is 32.1. The van der Waals surface area contributed by atoms with Crippen molar-refractivity contribution in [3.63, 3.8) is 0 Å². The van der Waals surface area contributed by atoms with Gasteiger partial charge in [-0.2, -0.15) is 0 Å². The van der Waals surface area contributed by atoms with E-state index in [1.807, 2.05) is 55.6 Å². The Balaban J connectivity index is 1.57. The van der Waals surface area contributed by atoms with E-state index in [1.165, 1.54) is 11.3 Å². The van der Waals surface area contributed by atoms with Crippen molar-refractivity contribution in [2.75, 3.05) is 20.8 Å². The zero-order valence-corrected chi connectivity index (χ0v) is 17.7. The van der Waals surface area contributed by atoms with Crippen molar-refractivity contribution < 1.29 is 23.7 Å².